The van der Waals surface area contributed by atoms with Crippen molar-refractivity contribution in [3.8, 4) is 5.75 Å². The maximum atomic E-state index is 12.4. The largest absolute Gasteiger partial charge is 0.452 e. The number of benzene rings is 2. The molecule has 0 aliphatic carbocycles. The highest BCUT2D eigenvalue weighted by Crippen LogP contribution is 2.18. The van der Waals surface area contributed by atoms with Crippen molar-refractivity contribution in [2.24, 2.45) is 0 Å². The van der Waals surface area contributed by atoms with Crippen molar-refractivity contribution in [2.75, 3.05) is 25.0 Å². The van der Waals surface area contributed by atoms with Gasteiger partial charge in [0.15, 0.2) is 6.61 Å². The summed E-state index contributed by atoms with van der Waals surface area (Å²) in [5, 5.41) is 2.49. The van der Waals surface area contributed by atoms with E-state index >= 15 is 0 Å². The van der Waals surface area contributed by atoms with Crippen LogP contribution in [0.3, 0.4) is 0 Å². The predicted molar refractivity (Wildman–Crippen MR) is 109 cm³/mol. The van der Waals surface area contributed by atoms with E-state index in [1.165, 1.54) is 52.8 Å². The normalized spacial score (nSPS) is 11.4. The number of amides is 1. The van der Waals surface area contributed by atoms with Gasteiger partial charge in [0.05, 0.1) is 10.5 Å². The van der Waals surface area contributed by atoms with Crippen molar-refractivity contribution in [3.63, 3.8) is 0 Å². The third-order valence-electron chi connectivity index (χ3n) is 4.13. The molecule has 0 atom stereocenters. The maximum Gasteiger partial charge on any atom is 0.387 e. The molecule has 0 saturated heterocycles. The van der Waals surface area contributed by atoms with Crippen molar-refractivity contribution in [1.82, 2.24) is 4.31 Å². The molecule has 0 aliphatic rings. The lowest BCUT2D eigenvalue weighted by Gasteiger charge is -2.18. The quantitative estimate of drug-likeness (QED) is 0.551. The van der Waals surface area contributed by atoms with Gasteiger partial charge < -0.3 is 14.8 Å². The van der Waals surface area contributed by atoms with Crippen LogP contribution in [0.15, 0.2) is 53.4 Å². The fourth-order valence-electron chi connectivity index (χ4n) is 2.61. The third-order valence-corrected chi connectivity index (χ3v) is 6.19. The van der Waals surface area contributed by atoms with Crippen LogP contribution in [-0.2, 0) is 19.6 Å². The SMILES string of the molecule is CCN(CC)S(=O)(=O)c1ccc(NC(=O)COC(=O)c2ccc(OC(F)F)cc2)cc1. The topological polar surface area (TPSA) is 102 Å². The van der Waals surface area contributed by atoms with Gasteiger partial charge in [-0.25, -0.2) is 13.2 Å². The number of alkyl halides is 2. The van der Waals surface area contributed by atoms with E-state index in [0.29, 0.717) is 18.8 Å². The number of hydrogen-bond donors (Lipinski definition) is 1. The van der Waals surface area contributed by atoms with E-state index in [4.69, 9.17) is 4.74 Å². The predicted octanol–water partition coefficient (Wildman–Crippen LogP) is 3.11. The average Bonchev–Trinajstić information content (AvgIpc) is 2.73. The molecule has 1 N–H and O–H groups in total. The molecular weight excluding hydrogens is 434 g/mol. The van der Waals surface area contributed by atoms with Crippen molar-refractivity contribution in [1.29, 1.82) is 0 Å². The molecule has 0 radical (unpaired) electrons. The highest BCUT2D eigenvalue weighted by Gasteiger charge is 2.21. The molecule has 0 unspecified atom stereocenters. The first-order valence-corrected chi connectivity index (χ1v) is 10.7. The van der Waals surface area contributed by atoms with Crippen LogP contribution < -0.4 is 10.1 Å². The molecule has 11 heteroatoms. The number of hydrogen-bond acceptors (Lipinski definition) is 6. The molecule has 0 fully saturated rings. The van der Waals surface area contributed by atoms with Gasteiger partial charge in [0.2, 0.25) is 10.0 Å². The monoisotopic (exact) mass is 456 g/mol. The number of nitrogens with one attached hydrogen (secondary N) is 1. The first-order chi connectivity index (χ1) is 14.7. The Hall–Kier alpha value is -3.05. The number of halogens is 2. The summed E-state index contributed by atoms with van der Waals surface area (Å²) in [6.07, 6.45) is 0. The lowest BCUT2D eigenvalue weighted by atomic mass is 10.2. The van der Waals surface area contributed by atoms with Crippen LogP contribution in [0, 0.1) is 0 Å². The lowest BCUT2D eigenvalue weighted by molar-refractivity contribution is -0.119. The fraction of sp³-hybridized carbons (Fsp3) is 0.300. The minimum absolute atomic E-state index is 0.0559. The van der Waals surface area contributed by atoms with Gasteiger partial charge in [-0.05, 0) is 48.5 Å². The molecule has 0 heterocycles. The highest BCUT2D eigenvalue weighted by atomic mass is 32.2. The van der Waals surface area contributed by atoms with E-state index < -0.39 is 35.1 Å². The summed E-state index contributed by atoms with van der Waals surface area (Å²) in [4.78, 5) is 24.0. The summed E-state index contributed by atoms with van der Waals surface area (Å²) in [5.74, 6) is -1.57. The summed E-state index contributed by atoms with van der Waals surface area (Å²) in [6, 6.07) is 10.4. The average molecular weight is 456 g/mol. The van der Waals surface area contributed by atoms with E-state index in [1.54, 1.807) is 13.8 Å². The molecule has 0 aromatic heterocycles. The van der Waals surface area contributed by atoms with Crippen LogP contribution in [0.1, 0.15) is 24.2 Å². The summed E-state index contributed by atoms with van der Waals surface area (Å²) >= 11 is 0. The van der Waals surface area contributed by atoms with Gasteiger partial charge in [0, 0.05) is 18.8 Å². The van der Waals surface area contributed by atoms with Gasteiger partial charge >= 0.3 is 12.6 Å². The number of sulfonamides is 1. The zero-order valence-electron chi connectivity index (χ0n) is 16.9. The van der Waals surface area contributed by atoms with E-state index in [9.17, 15) is 26.8 Å². The number of carbonyl (C=O) groups is 2. The molecule has 0 saturated carbocycles. The zero-order chi connectivity index (χ0) is 23.0. The molecule has 2 rings (SSSR count). The van der Waals surface area contributed by atoms with Crippen LogP contribution >= 0.6 is 0 Å². The molecule has 2 aromatic rings. The van der Waals surface area contributed by atoms with Crippen molar-refractivity contribution >= 4 is 27.6 Å². The number of esters is 1. The Morgan fingerprint density at radius 2 is 1.58 bits per heavy atom. The van der Waals surface area contributed by atoms with Gasteiger partial charge in [-0.2, -0.15) is 13.1 Å². The molecular formula is C20H22F2N2O6S. The van der Waals surface area contributed by atoms with Crippen LogP contribution in [0.25, 0.3) is 0 Å². The maximum absolute atomic E-state index is 12.4. The molecule has 2 aromatic carbocycles. The van der Waals surface area contributed by atoms with Crippen LogP contribution in [-0.4, -0.2) is 50.9 Å². The first-order valence-electron chi connectivity index (χ1n) is 9.29. The summed E-state index contributed by atoms with van der Waals surface area (Å²) in [6.45, 7) is 0.585. The fourth-order valence-corrected chi connectivity index (χ4v) is 4.06. The smallest absolute Gasteiger partial charge is 0.387 e. The molecule has 1 amide bonds. The van der Waals surface area contributed by atoms with Crippen LogP contribution in [0.5, 0.6) is 5.75 Å². The Morgan fingerprint density at radius 3 is 2.10 bits per heavy atom. The Bertz CT molecular complexity index is 991. The Kier molecular flexibility index (Phi) is 8.46. The number of nitrogens with zero attached hydrogens (tertiary/aromatic N) is 1. The highest BCUT2D eigenvalue weighted by molar-refractivity contribution is 7.89. The van der Waals surface area contributed by atoms with Gasteiger partial charge in [-0.3, -0.25) is 4.79 Å². The van der Waals surface area contributed by atoms with E-state index in [0.717, 1.165) is 0 Å². The molecule has 0 bridgehead atoms. The Balaban J connectivity index is 1.90. The van der Waals surface area contributed by atoms with Crippen molar-refractivity contribution in [3.05, 3.63) is 54.1 Å². The van der Waals surface area contributed by atoms with Crippen LogP contribution in [0.2, 0.25) is 0 Å². The first kappa shape index (κ1) is 24.2. The zero-order valence-corrected chi connectivity index (χ0v) is 17.7. The number of ether oxygens (including phenoxy) is 2. The minimum atomic E-state index is -3.61. The summed E-state index contributed by atoms with van der Waals surface area (Å²) in [7, 11) is -3.61. The Morgan fingerprint density at radius 1 is 1.00 bits per heavy atom. The molecule has 168 valence electrons. The number of carbonyl (C=O) groups excluding carboxylic acids is 2. The number of rotatable bonds is 10. The Labute approximate surface area is 178 Å². The third kappa shape index (κ3) is 6.72. The minimum Gasteiger partial charge on any atom is -0.452 e. The lowest BCUT2D eigenvalue weighted by Crippen LogP contribution is -2.30. The molecule has 31 heavy (non-hydrogen) atoms. The van der Waals surface area contributed by atoms with Gasteiger partial charge in [-0.1, -0.05) is 13.8 Å². The standard InChI is InChI=1S/C20H22F2N2O6S/c1-3-24(4-2)31(27,28)17-11-7-15(8-12-17)23-18(25)13-29-19(26)14-5-9-16(10-6-14)30-20(21)22/h5-12,20H,3-4,13H2,1-2H3,(H,23,25). The second-order valence-corrected chi connectivity index (χ2v) is 8.08. The molecule has 0 aliphatic heterocycles. The molecule has 8 nitrogen and oxygen atoms in total. The van der Waals surface area contributed by atoms with Crippen LogP contribution in [0.4, 0.5) is 14.5 Å². The summed E-state index contributed by atoms with van der Waals surface area (Å²) < 4.78 is 59.5. The van der Waals surface area contributed by atoms with Crippen molar-refractivity contribution in [2.45, 2.75) is 25.4 Å². The van der Waals surface area contributed by atoms with E-state index in [2.05, 4.69) is 10.1 Å². The van der Waals surface area contributed by atoms with Crippen molar-refractivity contribution < 1.29 is 36.3 Å². The second-order valence-electron chi connectivity index (χ2n) is 6.14. The second kappa shape index (κ2) is 10.8. The van der Waals surface area contributed by atoms with Gasteiger partial charge in [-0.15, -0.1) is 0 Å². The summed E-state index contributed by atoms with van der Waals surface area (Å²) in [5.41, 5.74) is 0.383. The van der Waals surface area contributed by atoms with E-state index in [1.807, 2.05) is 0 Å². The van der Waals surface area contributed by atoms with E-state index in [-0.39, 0.29) is 16.2 Å². The molecule has 0 spiro atoms. The number of anilines is 1. The van der Waals surface area contributed by atoms with Gasteiger partial charge in [0.1, 0.15) is 5.75 Å². The van der Waals surface area contributed by atoms with Gasteiger partial charge in [0.25, 0.3) is 5.91 Å².